The van der Waals surface area contributed by atoms with Crippen molar-refractivity contribution >= 4 is 39.5 Å². The van der Waals surface area contributed by atoms with Crippen molar-refractivity contribution in [1.82, 2.24) is 5.32 Å². The molecule has 1 rings (SSSR count). The highest BCUT2D eigenvalue weighted by atomic mass is 35.5. The molecule has 1 amide bonds. The Bertz CT molecular complexity index is 548. The van der Waals surface area contributed by atoms with Gasteiger partial charge in [0.1, 0.15) is 4.21 Å². The van der Waals surface area contributed by atoms with Gasteiger partial charge in [0.15, 0.2) is 9.84 Å². The molecule has 128 valence electrons. The van der Waals surface area contributed by atoms with Gasteiger partial charge in [0.25, 0.3) is 0 Å². The van der Waals surface area contributed by atoms with E-state index < -0.39 is 27.7 Å². The van der Waals surface area contributed by atoms with Gasteiger partial charge in [-0.3, -0.25) is 4.79 Å². The Kier molecular flexibility index (Phi) is 9.18. The monoisotopic (exact) mass is 370 g/mol. The second-order valence-electron chi connectivity index (χ2n) is 5.02. The lowest BCUT2D eigenvalue weighted by atomic mass is 9.99. The van der Waals surface area contributed by atoms with E-state index in [9.17, 15) is 18.3 Å². The number of aliphatic hydroxyl groups is 1. The number of sulfone groups is 1. The van der Waals surface area contributed by atoms with E-state index in [4.69, 9.17) is 5.73 Å². The topological polar surface area (TPSA) is 109 Å². The fraction of sp³-hybridized carbons (Fsp3) is 0.615. The molecule has 1 heterocycles. The third-order valence-electron chi connectivity index (χ3n) is 3.29. The minimum atomic E-state index is -3.52. The minimum absolute atomic E-state index is 0. The number of nitrogens with two attached hydrogens (primary N) is 1. The molecule has 3 unspecified atom stereocenters. The summed E-state index contributed by atoms with van der Waals surface area (Å²) in [6.07, 6.45) is -0.394. The maximum absolute atomic E-state index is 11.9. The standard InChI is InChI=1S/C13H22N2O4S2.ClH/c1-3-9(2)12(14)13(17)15-7-10(16)8-21(18,19)11-5-4-6-20-11;/h4-6,9-10,12,16H,3,7-8,14H2,1-2H3,(H,15,17);1H. The number of rotatable bonds is 8. The SMILES string of the molecule is CCC(C)C(N)C(=O)NCC(O)CS(=O)(=O)c1cccs1.Cl. The van der Waals surface area contributed by atoms with E-state index in [1.165, 1.54) is 6.07 Å². The van der Waals surface area contributed by atoms with E-state index in [-0.39, 0.29) is 35.0 Å². The first kappa shape index (κ1) is 21.3. The van der Waals surface area contributed by atoms with Crippen LogP contribution < -0.4 is 11.1 Å². The van der Waals surface area contributed by atoms with Crippen molar-refractivity contribution in [2.75, 3.05) is 12.3 Å². The van der Waals surface area contributed by atoms with Gasteiger partial charge >= 0.3 is 0 Å². The van der Waals surface area contributed by atoms with E-state index in [0.717, 1.165) is 17.8 Å². The molecule has 0 saturated heterocycles. The molecule has 1 aromatic heterocycles. The fourth-order valence-electron chi connectivity index (χ4n) is 1.68. The average Bonchev–Trinajstić information content (AvgIpc) is 2.97. The van der Waals surface area contributed by atoms with Crippen LogP contribution in [-0.2, 0) is 14.6 Å². The van der Waals surface area contributed by atoms with Crippen LogP contribution in [0, 0.1) is 5.92 Å². The quantitative estimate of drug-likeness (QED) is 0.626. The lowest BCUT2D eigenvalue weighted by Crippen LogP contribution is -2.47. The third-order valence-corrected chi connectivity index (χ3v) is 6.57. The lowest BCUT2D eigenvalue weighted by molar-refractivity contribution is -0.123. The van der Waals surface area contributed by atoms with Crippen molar-refractivity contribution < 1.29 is 18.3 Å². The first-order valence-electron chi connectivity index (χ1n) is 6.75. The Hall–Kier alpha value is -0.670. The maximum atomic E-state index is 11.9. The predicted molar refractivity (Wildman–Crippen MR) is 90.1 cm³/mol. The molecule has 0 aliphatic rings. The summed E-state index contributed by atoms with van der Waals surface area (Å²) in [6, 6.07) is 2.47. The van der Waals surface area contributed by atoms with Crippen molar-refractivity contribution in [1.29, 1.82) is 0 Å². The van der Waals surface area contributed by atoms with E-state index in [1.54, 1.807) is 11.4 Å². The zero-order valence-corrected chi connectivity index (χ0v) is 15.0. The molecule has 1 aromatic rings. The summed E-state index contributed by atoms with van der Waals surface area (Å²) < 4.78 is 24.1. The highest BCUT2D eigenvalue weighted by molar-refractivity contribution is 7.93. The molecule has 0 radical (unpaired) electrons. The second-order valence-corrected chi connectivity index (χ2v) is 8.23. The zero-order valence-electron chi connectivity index (χ0n) is 12.6. The Labute approximate surface area is 141 Å². The summed E-state index contributed by atoms with van der Waals surface area (Å²) >= 11 is 1.10. The first-order chi connectivity index (χ1) is 9.77. The molecule has 0 bridgehead atoms. The van der Waals surface area contributed by atoms with E-state index >= 15 is 0 Å². The van der Waals surface area contributed by atoms with Crippen LogP contribution in [0.25, 0.3) is 0 Å². The molecule has 0 aliphatic carbocycles. The van der Waals surface area contributed by atoms with Gasteiger partial charge in [-0.2, -0.15) is 0 Å². The molecule has 0 saturated carbocycles. The maximum Gasteiger partial charge on any atom is 0.237 e. The molecule has 22 heavy (non-hydrogen) atoms. The van der Waals surface area contributed by atoms with Gasteiger partial charge in [-0.25, -0.2) is 8.42 Å². The van der Waals surface area contributed by atoms with Crippen LogP contribution in [0.4, 0.5) is 0 Å². The minimum Gasteiger partial charge on any atom is -0.390 e. The van der Waals surface area contributed by atoms with Gasteiger partial charge in [-0.05, 0) is 17.4 Å². The van der Waals surface area contributed by atoms with Gasteiger partial charge < -0.3 is 16.2 Å². The largest absolute Gasteiger partial charge is 0.390 e. The summed E-state index contributed by atoms with van der Waals surface area (Å²) in [7, 11) is -3.52. The smallest absolute Gasteiger partial charge is 0.237 e. The number of carbonyl (C=O) groups is 1. The van der Waals surface area contributed by atoms with E-state index in [2.05, 4.69) is 5.32 Å². The average molecular weight is 371 g/mol. The molecule has 0 aromatic carbocycles. The molecule has 4 N–H and O–H groups in total. The Morgan fingerprint density at radius 1 is 1.50 bits per heavy atom. The van der Waals surface area contributed by atoms with E-state index in [1.807, 2.05) is 13.8 Å². The summed E-state index contributed by atoms with van der Waals surface area (Å²) in [5, 5.41) is 13.9. The normalized spacial score (nSPS) is 15.5. The van der Waals surface area contributed by atoms with Crippen LogP contribution in [-0.4, -0.2) is 43.9 Å². The number of carbonyl (C=O) groups excluding carboxylic acids is 1. The predicted octanol–water partition coefficient (Wildman–Crippen LogP) is 0.794. The molecule has 6 nitrogen and oxygen atoms in total. The summed E-state index contributed by atoms with van der Waals surface area (Å²) in [5.41, 5.74) is 5.75. The number of thiophene rings is 1. The van der Waals surface area contributed by atoms with Crippen molar-refractivity contribution in [3.8, 4) is 0 Å². The van der Waals surface area contributed by atoms with Gasteiger partial charge in [0, 0.05) is 6.54 Å². The van der Waals surface area contributed by atoms with Crippen LogP contribution >= 0.6 is 23.7 Å². The van der Waals surface area contributed by atoms with E-state index in [0.29, 0.717) is 0 Å². The molecule has 0 fully saturated rings. The zero-order chi connectivity index (χ0) is 16.0. The van der Waals surface area contributed by atoms with Crippen molar-refractivity contribution in [3.05, 3.63) is 17.5 Å². The summed E-state index contributed by atoms with van der Waals surface area (Å²) in [5.74, 6) is -0.777. The van der Waals surface area contributed by atoms with Gasteiger partial charge in [0.05, 0.1) is 17.9 Å². The Morgan fingerprint density at radius 2 is 2.14 bits per heavy atom. The van der Waals surface area contributed by atoms with Crippen molar-refractivity contribution in [3.63, 3.8) is 0 Å². The molecule has 0 spiro atoms. The molecule has 3 atom stereocenters. The molecule has 9 heteroatoms. The first-order valence-corrected chi connectivity index (χ1v) is 9.28. The van der Waals surface area contributed by atoms with Crippen LogP contribution in [0.1, 0.15) is 20.3 Å². The number of aliphatic hydroxyl groups excluding tert-OH is 1. The second kappa shape index (κ2) is 9.46. The number of nitrogens with one attached hydrogen (secondary N) is 1. The fourth-order valence-corrected chi connectivity index (χ4v) is 4.16. The highest BCUT2D eigenvalue weighted by Crippen LogP contribution is 2.18. The van der Waals surface area contributed by atoms with Crippen LogP contribution in [0.15, 0.2) is 21.7 Å². The van der Waals surface area contributed by atoms with Crippen molar-refractivity contribution in [2.45, 2.75) is 36.6 Å². The highest BCUT2D eigenvalue weighted by Gasteiger charge is 2.23. The number of amides is 1. The van der Waals surface area contributed by atoms with Crippen LogP contribution in [0.2, 0.25) is 0 Å². The Morgan fingerprint density at radius 3 is 2.64 bits per heavy atom. The third kappa shape index (κ3) is 6.21. The number of halogens is 1. The Balaban J connectivity index is 0.00000441. The summed E-state index contributed by atoms with van der Waals surface area (Å²) in [6.45, 7) is 3.66. The summed E-state index contributed by atoms with van der Waals surface area (Å²) in [4.78, 5) is 11.7. The number of hydrogen-bond acceptors (Lipinski definition) is 6. The van der Waals surface area contributed by atoms with Gasteiger partial charge in [-0.1, -0.05) is 26.3 Å². The van der Waals surface area contributed by atoms with Crippen LogP contribution in [0.5, 0.6) is 0 Å². The molecular weight excluding hydrogens is 348 g/mol. The van der Waals surface area contributed by atoms with Crippen molar-refractivity contribution in [2.24, 2.45) is 11.7 Å². The molecular formula is C13H23ClN2O4S2. The van der Waals surface area contributed by atoms with Crippen LogP contribution in [0.3, 0.4) is 0 Å². The van der Waals surface area contributed by atoms with Gasteiger partial charge in [0.2, 0.25) is 5.91 Å². The van der Waals surface area contributed by atoms with Gasteiger partial charge in [-0.15, -0.1) is 23.7 Å². The lowest BCUT2D eigenvalue weighted by Gasteiger charge is -2.19. The number of hydrogen-bond donors (Lipinski definition) is 3. The molecule has 0 aliphatic heterocycles.